The van der Waals surface area contributed by atoms with Crippen LogP contribution < -0.4 is 5.32 Å². The fourth-order valence-electron chi connectivity index (χ4n) is 9.56. The van der Waals surface area contributed by atoms with Gasteiger partial charge in [0.2, 0.25) is 5.91 Å². The minimum atomic E-state index is -0.874. The fourth-order valence-corrected chi connectivity index (χ4v) is 9.56. The normalized spacial score (nSPS) is 13.3. The van der Waals surface area contributed by atoms with Crippen molar-refractivity contribution in [2.45, 2.75) is 334 Å². The second-order valence-corrected chi connectivity index (χ2v) is 21.4. The molecule has 418 valence electrons. The van der Waals surface area contributed by atoms with Crippen LogP contribution in [0.15, 0.2) is 85.1 Å². The van der Waals surface area contributed by atoms with E-state index in [4.69, 9.17) is 0 Å². The van der Waals surface area contributed by atoms with Gasteiger partial charge in [-0.1, -0.05) is 317 Å². The molecule has 0 radical (unpaired) electrons. The van der Waals surface area contributed by atoms with Crippen molar-refractivity contribution in [3.05, 3.63) is 85.1 Å². The van der Waals surface area contributed by atoms with E-state index in [0.29, 0.717) is 6.42 Å². The van der Waals surface area contributed by atoms with Crippen LogP contribution in [0.3, 0.4) is 0 Å². The van der Waals surface area contributed by atoms with Gasteiger partial charge in [-0.15, -0.1) is 0 Å². The summed E-state index contributed by atoms with van der Waals surface area (Å²) in [6.45, 7) is 4.21. The lowest BCUT2D eigenvalue weighted by Crippen LogP contribution is -2.45. The maximum Gasteiger partial charge on any atom is 0.220 e. The summed E-state index contributed by atoms with van der Waals surface area (Å²) in [4.78, 5) is 12.5. The zero-order chi connectivity index (χ0) is 52.0. The van der Waals surface area contributed by atoms with Gasteiger partial charge in [-0.25, -0.2) is 0 Å². The Balaban J connectivity index is 3.51. The Labute approximate surface area is 450 Å². The topological polar surface area (TPSA) is 69.6 Å². The number of unbranched alkanes of at least 4 members (excludes halogenated alkanes) is 39. The minimum absolute atomic E-state index is 0.0749. The largest absolute Gasteiger partial charge is 0.394 e. The molecule has 0 aliphatic carbocycles. The molecule has 0 heterocycles. The van der Waals surface area contributed by atoms with E-state index in [1.165, 1.54) is 238 Å². The Morgan fingerprint density at radius 3 is 0.972 bits per heavy atom. The Kier molecular flexibility index (Phi) is 60.7. The number of hydrogen-bond donors (Lipinski definition) is 3. The molecule has 3 N–H and O–H groups in total. The molecule has 0 aromatic rings. The highest BCUT2D eigenvalue weighted by atomic mass is 16.3. The zero-order valence-corrected chi connectivity index (χ0v) is 48.2. The first kappa shape index (κ1) is 69.6. The molecule has 0 aliphatic heterocycles. The van der Waals surface area contributed by atoms with Gasteiger partial charge in [0, 0.05) is 6.42 Å². The Morgan fingerprint density at radius 2 is 0.625 bits per heavy atom. The number of hydrogen-bond acceptors (Lipinski definition) is 3. The van der Waals surface area contributed by atoms with E-state index >= 15 is 0 Å². The number of allylic oxidation sites excluding steroid dienone is 13. The molecule has 0 saturated carbocycles. The maximum absolute atomic E-state index is 12.5. The van der Waals surface area contributed by atoms with Crippen molar-refractivity contribution in [2.75, 3.05) is 6.61 Å². The number of aliphatic hydroxyl groups is 2. The second kappa shape index (κ2) is 62.9. The first-order valence-corrected chi connectivity index (χ1v) is 31.8. The van der Waals surface area contributed by atoms with Crippen LogP contribution in [0.1, 0.15) is 322 Å². The molecule has 0 aromatic heterocycles. The molecule has 0 bridgehead atoms. The van der Waals surface area contributed by atoms with E-state index in [2.05, 4.69) is 92.1 Å². The summed E-state index contributed by atoms with van der Waals surface area (Å²) < 4.78 is 0. The maximum atomic E-state index is 12.5. The van der Waals surface area contributed by atoms with E-state index < -0.39 is 12.1 Å². The monoisotopic (exact) mass is 1000 g/mol. The third kappa shape index (κ3) is 58.5. The Morgan fingerprint density at radius 1 is 0.347 bits per heavy atom. The highest BCUT2D eigenvalue weighted by molar-refractivity contribution is 5.76. The van der Waals surface area contributed by atoms with Gasteiger partial charge < -0.3 is 15.5 Å². The molecular weight excluding hydrogens is 879 g/mol. The molecule has 72 heavy (non-hydrogen) atoms. The standard InChI is InChI=1S/C68H123NO3/c1-3-5-7-9-11-13-15-17-19-21-23-25-27-29-31-32-33-34-35-36-38-40-42-44-46-48-50-52-54-56-58-60-62-64-68(72)69-66(65-70)67(71)63-61-59-57-55-53-51-49-47-45-43-41-39-37-30-28-26-24-22-20-18-16-14-12-10-8-6-4-2/h5,7,11,13,17,19,23,25,45,47,53,55,61,63,66-67,70-71H,3-4,6,8-10,12,14-16,18,20-22,24,26-44,46,48-52,54,56-60,62,64-65H2,1-2H3,(H,69,72)/b7-5-,13-11-,19-17-,25-23-,47-45+,55-53+,63-61+. The smallest absolute Gasteiger partial charge is 0.220 e. The van der Waals surface area contributed by atoms with Gasteiger partial charge >= 0.3 is 0 Å². The molecule has 4 nitrogen and oxygen atoms in total. The van der Waals surface area contributed by atoms with Crippen LogP contribution in [0.5, 0.6) is 0 Å². The molecule has 0 saturated heterocycles. The number of amides is 1. The highest BCUT2D eigenvalue weighted by Crippen LogP contribution is 2.17. The lowest BCUT2D eigenvalue weighted by Gasteiger charge is -2.19. The Bertz CT molecular complexity index is 1270. The molecule has 0 aliphatic rings. The molecular formula is C68H123NO3. The molecule has 0 fully saturated rings. The first-order valence-electron chi connectivity index (χ1n) is 31.8. The van der Waals surface area contributed by atoms with Crippen molar-refractivity contribution in [3.8, 4) is 0 Å². The Hall–Kier alpha value is -2.43. The van der Waals surface area contributed by atoms with Crippen molar-refractivity contribution in [3.63, 3.8) is 0 Å². The average Bonchev–Trinajstić information content (AvgIpc) is 3.39. The van der Waals surface area contributed by atoms with Crippen molar-refractivity contribution in [1.82, 2.24) is 5.32 Å². The lowest BCUT2D eigenvalue weighted by molar-refractivity contribution is -0.123. The number of aliphatic hydroxyl groups excluding tert-OH is 2. The fraction of sp³-hybridized carbons (Fsp3) is 0.779. The SMILES string of the molecule is CC/C=C\C/C=C\C/C=C\C/C=C\CCCCCCCCCCCCCCCCCCCCCCC(=O)NC(CO)C(O)/C=C/CC/C=C/CC/C=C/CCCCCCCCCCCCCCCCCCC. The van der Waals surface area contributed by atoms with Crippen molar-refractivity contribution in [2.24, 2.45) is 0 Å². The number of rotatable bonds is 58. The molecule has 0 spiro atoms. The summed E-state index contributed by atoms with van der Waals surface area (Å²) in [6, 6.07) is -0.649. The van der Waals surface area contributed by atoms with E-state index in [9.17, 15) is 15.0 Å². The predicted molar refractivity (Wildman–Crippen MR) is 322 cm³/mol. The van der Waals surface area contributed by atoms with Gasteiger partial charge in [0.25, 0.3) is 0 Å². The third-order valence-corrected chi connectivity index (χ3v) is 14.3. The molecule has 0 aromatic carbocycles. The quantitative estimate of drug-likeness (QED) is 0.0420. The summed E-state index contributed by atoms with van der Waals surface area (Å²) in [5, 5.41) is 23.2. The lowest BCUT2D eigenvalue weighted by atomic mass is 10.0. The van der Waals surface area contributed by atoms with Gasteiger partial charge in [-0.2, -0.15) is 0 Å². The van der Waals surface area contributed by atoms with Crippen LogP contribution >= 0.6 is 0 Å². The molecule has 1 amide bonds. The molecule has 0 rings (SSSR count). The molecule has 2 atom stereocenters. The van der Waals surface area contributed by atoms with Crippen LogP contribution in [-0.2, 0) is 4.79 Å². The second-order valence-electron chi connectivity index (χ2n) is 21.4. The first-order chi connectivity index (χ1) is 35.7. The van der Waals surface area contributed by atoms with Crippen LogP contribution in [0.4, 0.5) is 0 Å². The van der Waals surface area contributed by atoms with Gasteiger partial charge in [0.05, 0.1) is 18.8 Å². The number of carbonyl (C=O) groups is 1. The van der Waals surface area contributed by atoms with Gasteiger partial charge in [-0.3, -0.25) is 4.79 Å². The number of carbonyl (C=O) groups excluding carboxylic acids is 1. The van der Waals surface area contributed by atoms with E-state index in [0.717, 1.165) is 64.2 Å². The van der Waals surface area contributed by atoms with Crippen LogP contribution in [-0.4, -0.2) is 34.9 Å². The van der Waals surface area contributed by atoms with Crippen molar-refractivity contribution < 1.29 is 15.0 Å². The van der Waals surface area contributed by atoms with Crippen LogP contribution in [0, 0.1) is 0 Å². The third-order valence-electron chi connectivity index (χ3n) is 14.3. The van der Waals surface area contributed by atoms with Crippen molar-refractivity contribution in [1.29, 1.82) is 0 Å². The van der Waals surface area contributed by atoms with Crippen molar-refractivity contribution >= 4 is 5.91 Å². The van der Waals surface area contributed by atoms with Gasteiger partial charge in [-0.05, 0) is 83.5 Å². The van der Waals surface area contributed by atoms with Crippen LogP contribution in [0.2, 0.25) is 0 Å². The van der Waals surface area contributed by atoms with E-state index in [1.54, 1.807) is 6.08 Å². The number of nitrogens with one attached hydrogen (secondary N) is 1. The van der Waals surface area contributed by atoms with Gasteiger partial charge in [0.1, 0.15) is 0 Å². The summed E-state index contributed by atoms with van der Waals surface area (Å²) in [6.07, 6.45) is 92.1. The van der Waals surface area contributed by atoms with Crippen LogP contribution in [0.25, 0.3) is 0 Å². The summed E-state index contributed by atoms with van der Waals surface area (Å²) in [5.41, 5.74) is 0. The zero-order valence-electron chi connectivity index (χ0n) is 48.2. The molecule has 4 heteroatoms. The predicted octanol–water partition coefficient (Wildman–Crippen LogP) is 21.5. The van der Waals surface area contributed by atoms with Gasteiger partial charge in [0.15, 0.2) is 0 Å². The van der Waals surface area contributed by atoms with E-state index in [-0.39, 0.29) is 12.5 Å². The highest BCUT2D eigenvalue weighted by Gasteiger charge is 2.18. The summed E-state index contributed by atoms with van der Waals surface area (Å²) in [5.74, 6) is -0.0749. The average molecular weight is 1000 g/mol. The summed E-state index contributed by atoms with van der Waals surface area (Å²) in [7, 11) is 0. The van der Waals surface area contributed by atoms with E-state index in [1.807, 2.05) is 6.08 Å². The minimum Gasteiger partial charge on any atom is -0.394 e. The summed E-state index contributed by atoms with van der Waals surface area (Å²) >= 11 is 0. The molecule has 2 unspecified atom stereocenters.